The van der Waals surface area contributed by atoms with E-state index in [0.29, 0.717) is 22.8 Å². The minimum atomic E-state index is -0.113. The first-order chi connectivity index (χ1) is 9.28. The fourth-order valence-corrected chi connectivity index (χ4v) is 2.00. The van der Waals surface area contributed by atoms with Gasteiger partial charge >= 0.3 is 0 Å². The average molecular weight is 252 g/mol. The molecule has 0 spiro atoms. The van der Waals surface area contributed by atoms with Crippen LogP contribution in [0.3, 0.4) is 0 Å². The fourth-order valence-electron chi connectivity index (χ4n) is 2.00. The summed E-state index contributed by atoms with van der Waals surface area (Å²) in [7, 11) is 1.57. The molecule has 0 aliphatic carbocycles. The summed E-state index contributed by atoms with van der Waals surface area (Å²) in [4.78, 5) is 12.2. The lowest BCUT2D eigenvalue weighted by molar-refractivity contribution is 0.101. The lowest BCUT2D eigenvalue weighted by atomic mass is 10.1. The van der Waals surface area contributed by atoms with E-state index in [9.17, 15) is 4.79 Å². The van der Waals surface area contributed by atoms with E-state index < -0.39 is 0 Å². The molecule has 1 aliphatic rings. The number of Topliss-reactive ketones (excluding diaryl/α,β-unsaturated/α-hetero) is 1. The highest BCUT2D eigenvalue weighted by Crippen LogP contribution is 2.34. The number of rotatable bonds is 2. The van der Waals surface area contributed by atoms with Gasteiger partial charge in [-0.3, -0.25) is 4.79 Å². The Labute approximate surface area is 111 Å². The molecule has 0 radical (unpaired) electrons. The second-order valence-corrected chi connectivity index (χ2v) is 4.21. The number of fused-ring (bicyclic) bond motifs is 1. The maximum absolute atomic E-state index is 12.2. The van der Waals surface area contributed by atoms with Crippen LogP contribution in [0.1, 0.15) is 15.9 Å². The molecule has 3 heteroatoms. The SMILES string of the molecule is COc1ccc2c(c1)C(=O)C(=Cc1ccccc1)O2. The molecule has 0 amide bonds. The van der Waals surface area contributed by atoms with E-state index >= 15 is 0 Å². The molecule has 0 unspecified atom stereocenters. The Morgan fingerprint density at radius 1 is 1.11 bits per heavy atom. The van der Waals surface area contributed by atoms with Crippen molar-refractivity contribution in [1.82, 2.24) is 0 Å². The first-order valence-electron chi connectivity index (χ1n) is 5.95. The van der Waals surface area contributed by atoms with Crippen molar-refractivity contribution in [2.45, 2.75) is 0 Å². The zero-order valence-electron chi connectivity index (χ0n) is 10.4. The van der Waals surface area contributed by atoms with E-state index in [1.54, 1.807) is 31.4 Å². The summed E-state index contributed by atoms with van der Waals surface area (Å²) in [5, 5.41) is 0. The number of methoxy groups -OCH3 is 1. The summed E-state index contributed by atoms with van der Waals surface area (Å²) in [5.41, 5.74) is 1.48. The van der Waals surface area contributed by atoms with Gasteiger partial charge in [-0.25, -0.2) is 0 Å². The summed E-state index contributed by atoms with van der Waals surface area (Å²) in [6.07, 6.45) is 1.74. The van der Waals surface area contributed by atoms with Crippen molar-refractivity contribution in [3.8, 4) is 11.5 Å². The second kappa shape index (κ2) is 4.61. The summed E-state index contributed by atoms with van der Waals surface area (Å²) < 4.78 is 10.7. The molecule has 94 valence electrons. The van der Waals surface area contributed by atoms with Gasteiger partial charge in [0.05, 0.1) is 12.7 Å². The lowest BCUT2D eigenvalue weighted by Gasteiger charge is -2.00. The Morgan fingerprint density at radius 3 is 2.63 bits per heavy atom. The van der Waals surface area contributed by atoms with Crippen LogP contribution in [0.15, 0.2) is 54.3 Å². The van der Waals surface area contributed by atoms with Gasteiger partial charge in [0.1, 0.15) is 11.5 Å². The molecule has 0 atom stereocenters. The first-order valence-corrected chi connectivity index (χ1v) is 5.95. The van der Waals surface area contributed by atoms with Gasteiger partial charge in [-0.05, 0) is 29.8 Å². The molecule has 1 aliphatic heterocycles. The molecule has 2 aromatic carbocycles. The highest BCUT2D eigenvalue weighted by Gasteiger charge is 2.27. The Balaban J connectivity index is 1.97. The van der Waals surface area contributed by atoms with Crippen molar-refractivity contribution in [3.05, 3.63) is 65.4 Å². The summed E-state index contributed by atoms with van der Waals surface area (Å²) in [6.45, 7) is 0. The third kappa shape index (κ3) is 2.10. The molecule has 0 fully saturated rings. The molecule has 0 bridgehead atoms. The van der Waals surface area contributed by atoms with Gasteiger partial charge in [0, 0.05) is 0 Å². The predicted octanol–water partition coefficient (Wildman–Crippen LogP) is 3.31. The molecular formula is C16H12O3. The van der Waals surface area contributed by atoms with Gasteiger partial charge in [-0.15, -0.1) is 0 Å². The van der Waals surface area contributed by atoms with Crippen LogP contribution in [-0.4, -0.2) is 12.9 Å². The summed E-state index contributed by atoms with van der Waals surface area (Å²) in [6, 6.07) is 14.8. The Morgan fingerprint density at radius 2 is 1.89 bits per heavy atom. The number of benzene rings is 2. The monoisotopic (exact) mass is 252 g/mol. The van der Waals surface area contributed by atoms with Crippen LogP contribution in [0.25, 0.3) is 6.08 Å². The quantitative estimate of drug-likeness (QED) is 0.769. The minimum Gasteiger partial charge on any atom is -0.497 e. The molecule has 3 nitrogen and oxygen atoms in total. The number of carbonyl (C=O) groups excluding carboxylic acids is 1. The van der Waals surface area contributed by atoms with E-state index in [1.807, 2.05) is 30.3 Å². The van der Waals surface area contributed by atoms with Gasteiger partial charge in [-0.2, -0.15) is 0 Å². The fraction of sp³-hybridized carbons (Fsp3) is 0.0625. The Hall–Kier alpha value is -2.55. The van der Waals surface area contributed by atoms with Gasteiger partial charge in [0.2, 0.25) is 5.78 Å². The van der Waals surface area contributed by atoms with E-state index in [-0.39, 0.29) is 5.78 Å². The van der Waals surface area contributed by atoms with Crippen molar-refractivity contribution in [2.24, 2.45) is 0 Å². The van der Waals surface area contributed by atoms with Gasteiger partial charge in [0.25, 0.3) is 0 Å². The van der Waals surface area contributed by atoms with Crippen molar-refractivity contribution in [1.29, 1.82) is 0 Å². The molecule has 2 aromatic rings. The van der Waals surface area contributed by atoms with Crippen LogP contribution in [0, 0.1) is 0 Å². The zero-order chi connectivity index (χ0) is 13.2. The van der Waals surface area contributed by atoms with Crippen molar-refractivity contribution < 1.29 is 14.3 Å². The van der Waals surface area contributed by atoms with E-state index in [4.69, 9.17) is 9.47 Å². The molecule has 0 N–H and O–H groups in total. The molecule has 0 saturated heterocycles. The van der Waals surface area contributed by atoms with Crippen LogP contribution in [0.2, 0.25) is 0 Å². The van der Waals surface area contributed by atoms with Crippen LogP contribution in [0.4, 0.5) is 0 Å². The molecular weight excluding hydrogens is 240 g/mol. The highest BCUT2D eigenvalue weighted by molar-refractivity contribution is 6.14. The zero-order valence-corrected chi connectivity index (χ0v) is 10.4. The maximum atomic E-state index is 12.2. The maximum Gasteiger partial charge on any atom is 0.232 e. The number of hydrogen-bond acceptors (Lipinski definition) is 3. The van der Waals surface area contributed by atoms with E-state index in [2.05, 4.69) is 0 Å². The smallest absolute Gasteiger partial charge is 0.232 e. The standard InChI is InChI=1S/C16H12O3/c1-18-12-7-8-14-13(10-12)16(17)15(19-14)9-11-5-3-2-4-6-11/h2-10H,1H3. The lowest BCUT2D eigenvalue weighted by Crippen LogP contribution is -1.98. The van der Waals surface area contributed by atoms with Crippen LogP contribution < -0.4 is 9.47 Å². The largest absolute Gasteiger partial charge is 0.497 e. The number of ketones is 1. The third-order valence-corrected chi connectivity index (χ3v) is 2.97. The Bertz CT molecular complexity index is 657. The summed E-state index contributed by atoms with van der Waals surface area (Å²) in [5.74, 6) is 1.46. The minimum absolute atomic E-state index is 0.113. The number of carbonyl (C=O) groups is 1. The predicted molar refractivity (Wildman–Crippen MR) is 72.4 cm³/mol. The topological polar surface area (TPSA) is 35.5 Å². The molecule has 1 heterocycles. The molecule has 19 heavy (non-hydrogen) atoms. The number of hydrogen-bond donors (Lipinski definition) is 0. The summed E-state index contributed by atoms with van der Waals surface area (Å²) >= 11 is 0. The van der Waals surface area contributed by atoms with Gasteiger partial charge < -0.3 is 9.47 Å². The van der Waals surface area contributed by atoms with Gasteiger partial charge in [-0.1, -0.05) is 30.3 Å². The number of ether oxygens (including phenoxy) is 2. The molecule has 3 rings (SSSR count). The van der Waals surface area contributed by atoms with Crippen molar-refractivity contribution >= 4 is 11.9 Å². The van der Waals surface area contributed by atoms with Crippen molar-refractivity contribution in [2.75, 3.05) is 7.11 Å². The van der Waals surface area contributed by atoms with E-state index in [1.165, 1.54) is 0 Å². The van der Waals surface area contributed by atoms with Gasteiger partial charge in [0.15, 0.2) is 5.76 Å². The molecule has 0 saturated carbocycles. The normalized spacial score (nSPS) is 15.2. The Kier molecular flexibility index (Phi) is 2.80. The van der Waals surface area contributed by atoms with Crippen LogP contribution >= 0.6 is 0 Å². The number of allylic oxidation sites excluding steroid dienone is 1. The first kappa shape index (κ1) is 11.5. The third-order valence-electron chi connectivity index (χ3n) is 2.97. The highest BCUT2D eigenvalue weighted by atomic mass is 16.5. The van der Waals surface area contributed by atoms with Crippen LogP contribution in [-0.2, 0) is 0 Å². The van der Waals surface area contributed by atoms with Crippen molar-refractivity contribution in [3.63, 3.8) is 0 Å². The van der Waals surface area contributed by atoms with Crippen LogP contribution in [0.5, 0.6) is 11.5 Å². The van der Waals surface area contributed by atoms with E-state index in [0.717, 1.165) is 5.56 Å². The second-order valence-electron chi connectivity index (χ2n) is 4.21. The average Bonchev–Trinajstić information content (AvgIpc) is 2.76. The molecule has 0 aromatic heterocycles.